The smallest absolute Gasteiger partial charge is 0.263 e. The van der Waals surface area contributed by atoms with Gasteiger partial charge in [0.05, 0.1) is 6.54 Å². The molecular weight excluding hydrogens is 412 g/mol. The van der Waals surface area contributed by atoms with Gasteiger partial charge in [-0.3, -0.25) is 14.9 Å². The third-order valence-corrected chi connectivity index (χ3v) is 5.83. The Kier molecular flexibility index (Phi) is 6.87. The molecule has 0 saturated carbocycles. The van der Waals surface area contributed by atoms with Crippen LogP contribution in [0.1, 0.15) is 35.7 Å². The van der Waals surface area contributed by atoms with Crippen molar-refractivity contribution < 1.29 is 4.79 Å². The predicted octanol–water partition coefficient (Wildman–Crippen LogP) is 3.28. The summed E-state index contributed by atoms with van der Waals surface area (Å²) in [5, 5.41) is 6.17. The summed E-state index contributed by atoms with van der Waals surface area (Å²) in [4.78, 5) is 25.6. The van der Waals surface area contributed by atoms with Crippen molar-refractivity contribution in [3.05, 3.63) is 107 Å². The molecule has 1 aliphatic carbocycles. The number of aromatic nitrogens is 1. The first-order valence-corrected chi connectivity index (χ1v) is 11.3. The van der Waals surface area contributed by atoms with Crippen LogP contribution in [0, 0.1) is 0 Å². The molecule has 0 unspecified atom stereocenters. The number of hydrogen-bond donors (Lipinski definition) is 3. The summed E-state index contributed by atoms with van der Waals surface area (Å²) >= 11 is 0. The number of carbonyl (C=O) groups excluding carboxylic acids is 1. The van der Waals surface area contributed by atoms with Gasteiger partial charge in [-0.2, -0.15) is 0 Å². The predicted molar refractivity (Wildman–Crippen MR) is 132 cm³/mol. The minimum Gasteiger partial charge on any atom is -0.349 e. The van der Waals surface area contributed by atoms with Gasteiger partial charge >= 0.3 is 0 Å². The third-order valence-electron chi connectivity index (χ3n) is 5.83. The standard InChI is InChI=1S/C27H30N4O2/c1-20(7-5-17-29-27(28)15-16-27)30-25(32)24-10-6-18-31(26(24)33)19-21-11-13-23(14-12-21)22-8-3-2-4-9-22/h2-4,6,8-16,18,20,29H,5,7,17,19,28H2,1H3,(H,30,32)/t20-/m1/s1. The normalized spacial score (nSPS) is 14.6. The van der Waals surface area contributed by atoms with Crippen LogP contribution in [0.15, 0.2) is 89.9 Å². The quantitative estimate of drug-likeness (QED) is 0.255. The molecule has 1 amide bonds. The first-order chi connectivity index (χ1) is 15.9. The van der Waals surface area contributed by atoms with Gasteiger partial charge in [0.25, 0.3) is 11.5 Å². The fourth-order valence-electron chi connectivity index (χ4n) is 3.76. The fraction of sp³-hybridized carbons (Fsp3) is 0.259. The average Bonchev–Trinajstić information content (AvgIpc) is 3.56. The SMILES string of the molecule is C[C@H](CCCNC1(N)C=C1)NC(=O)c1cccn(Cc2ccc(-c3ccccc3)cc2)c1=O. The molecule has 4 rings (SSSR count). The molecule has 4 N–H and O–H groups in total. The summed E-state index contributed by atoms with van der Waals surface area (Å²) in [5.41, 5.74) is 8.64. The molecule has 33 heavy (non-hydrogen) atoms. The third kappa shape index (κ3) is 6.06. The van der Waals surface area contributed by atoms with Gasteiger partial charge in [0.1, 0.15) is 11.2 Å². The number of hydrogen-bond acceptors (Lipinski definition) is 4. The van der Waals surface area contributed by atoms with Crippen molar-refractivity contribution in [2.75, 3.05) is 6.54 Å². The molecule has 0 spiro atoms. The Labute approximate surface area is 194 Å². The molecule has 2 aromatic carbocycles. The highest BCUT2D eigenvalue weighted by atomic mass is 16.2. The summed E-state index contributed by atoms with van der Waals surface area (Å²) in [6, 6.07) is 21.6. The van der Waals surface area contributed by atoms with Gasteiger partial charge < -0.3 is 15.6 Å². The number of nitrogens with one attached hydrogen (secondary N) is 2. The molecule has 0 bridgehead atoms. The van der Waals surface area contributed by atoms with E-state index in [1.54, 1.807) is 22.9 Å². The summed E-state index contributed by atoms with van der Waals surface area (Å²) in [6.45, 7) is 3.12. The zero-order chi connectivity index (χ0) is 23.3. The molecule has 0 saturated heterocycles. The topological polar surface area (TPSA) is 89.2 Å². The first-order valence-electron chi connectivity index (χ1n) is 11.3. The Morgan fingerprint density at radius 1 is 1.00 bits per heavy atom. The molecule has 1 aromatic heterocycles. The number of nitrogens with zero attached hydrogens (tertiary/aromatic N) is 1. The summed E-state index contributed by atoms with van der Waals surface area (Å²) in [5.74, 6) is -0.339. The lowest BCUT2D eigenvalue weighted by molar-refractivity contribution is 0.0936. The van der Waals surface area contributed by atoms with Gasteiger partial charge in [0, 0.05) is 12.2 Å². The van der Waals surface area contributed by atoms with Gasteiger partial charge in [-0.1, -0.05) is 54.6 Å². The molecule has 0 fully saturated rings. The summed E-state index contributed by atoms with van der Waals surface area (Å²) in [6.07, 6.45) is 7.21. The Morgan fingerprint density at radius 2 is 1.70 bits per heavy atom. The van der Waals surface area contributed by atoms with E-state index in [-0.39, 0.29) is 23.1 Å². The van der Waals surface area contributed by atoms with E-state index in [2.05, 4.69) is 34.9 Å². The Hall–Kier alpha value is -3.48. The molecule has 6 nitrogen and oxygen atoms in total. The number of nitrogens with two attached hydrogens (primary N) is 1. The van der Waals surface area contributed by atoms with Crippen LogP contribution < -0.4 is 21.9 Å². The molecule has 170 valence electrons. The number of amides is 1. The van der Waals surface area contributed by atoms with Crippen LogP contribution in [0.5, 0.6) is 0 Å². The maximum Gasteiger partial charge on any atom is 0.263 e. The Morgan fingerprint density at radius 3 is 2.39 bits per heavy atom. The van der Waals surface area contributed by atoms with Gasteiger partial charge in [0.15, 0.2) is 0 Å². The monoisotopic (exact) mass is 442 g/mol. The van der Waals surface area contributed by atoms with E-state index in [1.807, 2.05) is 49.4 Å². The van der Waals surface area contributed by atoms with Crippen LogP contribution in [0.3, 0.4) is 0 Å². The van der Waals surface area contributed by atoms with Gasteiger partial charge in [-0.25, -0.2) is 0 Å². The first kappa shape index (κ1) is 22.7. The number of rotatable bonds is 10. The second-order valence-corrected chi connectivity index (χ2v) is 8.63. The van der Waals surface area contributed by atoms with Crippen molar-refractivity contribution in [1.82, 2.24) is 15.2 Å². The molecule has 1 atom stereocenters. The molecular formula is C27H30N4O2. The minimum atomic E-state index is -0.413. The van der Waals surface area contributed by atoms with Crippen molar-refractivity contribution in [3.8, 4) is 11.1 Å². The van der Waals surface area contributed by atoms with E-state index in [1.165, 1.54) is 0 Å². The zero-order valence-corrected chi connectivity index (χ0v) is 18.8. The molecule has 6 heteroatoms. The average molecular weight is 443 g/mol. The van der Waals surface area contributed by atoms with Gasteiger partial charge in [0.2, 0.25) is 0 Å². The van der Waals surface area contributed by atoms with Crippen LogP contribution in [-0.4, -0.2) is 28.7 Å². The van der Waals surface area contributed by atoms with Crippen LogP contribution in [0.2, 0.25) is 0 Å². The lowest BCUT2D eigenvalue weighted by Crippen LogP contribution is -2.42. The molecule has 3 aromatic rings. The van der Waals surface area contributed by atoms with Crippen molar-refractivity contribution in [1.29, 1.82) is 0 Å². The van der Waals surface area contributed by atoms with Crippen molar-refractivity contribution in [2.45, 2.75) is 38.0 Å². The highest BCUT2D eigenvalue weighted by molar-refractivity contribution is 5.93. The lowest BCUT2D eigenvalue weighted by atomic mass is 10.0. The van der Waals surface area contributed by atoms with E-state index in [0.29, 0.717) is 6.54 Å². The molecule has 0 aliphatic heterocycles. The lowest BCUT2D eigenvalue weighted by Gasteiger charge is -2.16. The summed E-state index contributed by atoms with van der Waals surface area (Å²) < 4.78 is 1.57. The van der Waals surface area contributed by atoms with E-state index >= 15 is 0 Å². The maximum atomic E-state index is 12.9. The Bertz CT molecular complexity index is 1180. The number of pyridine rings is 1. The highest BCUT2D eigenvalue weighted by Crippen LogP contribution is 2.19. The number of carbonyl (C=O) groups is 1. The Balaban J connectivity index is 1.34. The molecule has 1 heterocycles. The second kappa shape index (κ2) is 9.98. The van der Waals surface area contributed by atoms with E-state index in [4.69, 9.17) is 5.73 Å². The zero-order valence-electron chi connectivity index (χ0n) is 18.8. The maximum absolute atomic E-state index is 12.9. The van der Waals surface area contributed by atoms with E-state index in [0.717, 1.165) is 36.1 Å². The highest BCUT2D eigenvalue weighted by Gasteiger charge is 2.27. The van der Waals surface area contributed by atoms with Crippen LogP contribution in [0.25, 0.3) is 11.1 Å². The van der Waals surface area contributed by atoms with Crippen molar-refractivity contribution in [2.24, 2.45) is 5.73 Å². The second-order valence-electron chi connectivity index (χ2n) is 8.63. The minimum absolute atomic E-state index is 0.0428. The van der Waals surface area contributed by atoms with E-state index < -0.39 is 5.66 Å². The van der Waals surface area contributed by atoms with Gasteiger partial charge in [-0.05, 0) is 67.3 Å². The molecule has 0 radical (unpaired) electrons. The van der Waals surface area contributed by atoms with Crippen LogP contribution >= 0.6 is 0 Å². The van der Waals surface area contributed by atoms with Crippen LogP contribution in [-0.2, 0) is 6.54 Å². The molecule has 1 aliphatic rings. The van der Waals surface area contributed by atoms with E-state index in [9.17, 15) is 9.59 Å². The largest absolute Gasteiger partial charge is 0.349 e. The van der Waals surface area contributed by atoms with Crippen molar-refractivity contribution >= 4 is 5.91 Å². The van der Waals surface area contributed by atoms with Crippen LogP contribution in [0.4, 0.5) is 0 Å². The fourth-order valence-corrected chi connectivity index (χ4v) is 3.76. The van der Waals surface area contributed by atoms with Crippen molar-refractivity contribution in [3.63, 3.8) is 0 Å². The van der Waals surface area contributed by atoms with Gasteiger partial charge in [-0.15, -0.1) is 0 Å². The summed E-state index contributed by atoms with van der Waals surface area (Å²) in [7, 11) is 0. The number of benzene rings is 2.